The van der Waals surface area contributed by atoms with E-state index in [0.29, 0.717) is 12.1 Å². The fourth-order valence-corrected chi connectivity index (χ4v) is 3.27. The van der Waals surface area contributed by atoms with Crippen LogP contribution in [-0.4, -0.2) is 31.9 Å². The Morgan fingerprint density at radius 3 is 2.92 bits per heavy atom. The number of imidazole rings is 1. The third-order valence-electron chi connectivity index (χ3n) is 4.59. The molecule has 1 atom stereocenters. The molecule has 1 aliphatic heterocycles. The molecule has 1 saturated heterocycles. The number of aromatic amines is 1. The van der Waals surface area contributed by atoms with Crippen molar-refractivity contribution in [1.29, 1.82) is 0 Å². The largest absolute Gasteiger partial charge is 0.340 e. The van der Waals surface area contributed by atoms with Crippen molar-refractivity contribution in [2.24, 2.45) is 7.05 Å². The molecule has 1 N–H and O–H groups in total. The summed E-state index contributed by atoms with van der Waals surface area (Å²) < 4.78 is 1.46. The van der Waals surface area contributed by atoms with E-state index >= 15 is 0 Å². The molecule has 1 unspecified atom stereocenters. The van der Waals surface area contributed by atoms with Crippen molar-refractivity contribution < 1.29 is 4.79 Å². The van der Waals surface area contributed by atoms with Gasteiger partial charge in [-0.15, -0.1) is 0 Å². The second kappa shape index (κ2) is 5.63. The number of fused-ring (bicyclic) bond motifs is 1. The Morgan fingerprint density at radius 1 is 1.29 bits per heavy atom. The number of benzene rings is 1. The van der Waals surface area contributed by atoms with Gasteiger partial charge in [0.1, 0.15) is 5.82 Å². The molecule has 1 fully saturated rings. The first-order valence-electron chi connectivity index (χ1n) is 8.06. The molecule has 122 valence electrons. The number of nitrogens with zero attached hydrogens (tertiary/aromatic N) is 3. The minimum absolute atomic E-state index is 0.0750. The zero-order valence-electron chi connectivity index (χ0n) is 13.4. The monoisotopic (exact) mass is 322 g/mol. The first kappa shape index (κ1) is 14.7. The van der Waals surface area contributed by atoms with Crippen molar-refractivity contribution in [1.82, 2.24) is 19.4 Å². The van der Waals surface area contributed by atoms with Crippen molar-refractivity contribution in [3.05, 3.63) is 64.3 Å². The number of para-hydroxylation sites is 2. The van der Waals surface area contributed by atoms with Crippen LogP contribution in [0.1, 0.15) is 35.1 Å². The van der Waals surface area contributed by atoms with Gasteiger partial charge in [-0.25, -0.2) is 4.98 Å². The van der Waals surface area contributed by atoms with Gasteiger partial charge in [-0.2, -0.15) is 0 Å². The van der Waals surface area contributed by atoms with E-state index in [4.69, 9.17) is 0 Å². The molecule has 3 heterocycles. The van der Waals surface area contributed by atoms with Crippen LogP contribution in [0.5, 0.6) is 0 Å². The molecular weight excluding hydrogens is 304 g/mol. The van der Waals surface area contributed by atoms with Crippen LogP contribution < -0.4 is 5.56 Å². The van der Waals surface area contributed by atoms with Crippen molar-refractivity contribution >= 4 is 16.9 Å². The fourth-order valence-electron chi connectivity index (χ4n) is 3.27. The number of carbonyl (C=O) groups is 1. The number of amides is 1. The molecule has 6 nitrogen and oxygen atoms in total. The van der Waals surface area contributed by atoms with Crippen LogP contribution in [0.25, 0.3) is 11.0 Å². The maximum absolute atomic E-state index is 12.8. The molecule has 1 aromatic carbocycles. The Morgan fingerprint density at radius 2 is 2.12 bits per heavy atom. The van der Waals surface area contributed by atoms with E-state index in [-0.39, 0.29) is 17.5 Å². The zero-order valence-corrected chi connectivity index (χ0v) is 13.4. The number of aromatic nitrogens is 3. The maximum atomic E-state index is 12.8. The third kappa shape index (κ3) is 2.40. The maximum Gasteiger partial charge on any atom is 0.254 e. The summed E-state index contributed by atoms with van der Waals surface area (Å²) in [5.41, 5.74) is 2.13. The normalized spacial score (nSPS) is 17.5. The van der Waals surface area contributed by atoms with E-state index < -0.39 is 0 Å². The minimum Gasteiger partial charge on any atom is -0.340 e. The van der Waals surface area contributed by atoms with Gasteiger partial charge in [-0.1, -0.05) is 12.1 Å². The molecular formula is C18H18N4O2. The molecule has 1 amide bonds. The van der Waals surface area contributed by atoms with Gasteiger partial charge >= 0.3 is 0 Å². The van der Waals surface area contributed by atoms with Crippen molar-refractivity contribution in [3.63, 3.8) is 0 Å². The molecule has 0 spiro atoms. The number of H-pyrrole nitrogens is 1. The summed E-state index contributed by atoms with van der Waals surface area (Å²) in [6.45, 7) is 0.676. The van der Waals surface area contributed by atoms with Crippen molar-refractivity contribution in [2.75, 3.05) is 6.54 Å². The molecule has 6 heteroatoms. The summed E-state index contributed by atoms with van der Waals surface area (Å²) in [4.78, 5) is 34.4. The van der Waals surface area contributed by atoms with Crippen LogP contribution >= 0.6 is 0 Å². The summed E-state index contributed by atoms with van der Waals surface area (Å²) >= 11 is 0. The average Bonchev–Trinajstić information content (AvgIpc) is 3.22. The fraction of sp³-hybridized carbons (Fsp3) is 0.278. The predicted molar refractivity (Wildman–Crippen MR) is 90.8 cm³/mol. The van der Waals surface area contributed by atoms with Crippen LogP contribution in [0.4, 0.5) is 0 Å². The lowest BCUT2D eigenvalue weighted by molar-refractivity contribution is 0.0730. The van der Waals surface area contributed by atoms with E-state index in [2.05, 4.69) is 9.97 Å². The van der Waals surface area contributed by atoms with Crippen LogP contribution in [0.15, 0.2) is 47.4 Å². The van der Waals surface area contributed by atoms with E-state index in [9.17, 15) is 9.59 Å². The first-order chi connectivity index (χ1) is 11.6. The van der Waals surface area contributed by atoms with Crippen molar-refractivity contribution in [3.8, 4) is 0 Å². The molecule has 0 bridgehead atoms. The SMILES string of the molecule is Cn1ccc(C(=O)N2CCCC2c2nc3ccccc3[nH]2)cc1=O. The Balaban J connectivity index is 1.67. The smallest absolute Gasteiger partial charge is 0.254 e. The standard InChI is InChI=1S/C18H18N4O2/c1-21-10-8-12(11-16(21)23)18(24)22-9-4-7-15(22)17-19-13-5-2-3-6-14(13)20-17/h2-3,5-6,8,10-11,15H,4,7,9H2,1H3,(H,19,20). The highest BCUT2D eigenvalue weighted by molar-refractivity contribution is 5.94. The number of likely N-dealkylation sites (tertiary alicyclic amines) is 1. The van der Waals surface area contributed by atoms with Gasteiger partial charge in [0.25, 0.3) is 11.5 Å². The van der Waals surface area contributed by atoms with Crippen LogP contribution in [0.2, 0.25) is 0 Å². The van der Waals surface area contributed by atoms with E-state index in [1.807, 2.05) is 29.2 Å². The van der Waals surface area contributed by atoms with E-state index in [1.165, 1.54) is 10.6 Å². The number of hydrogen-bond donors (Lipinski definition) is 1. The lowest BCUT2D eigenvalue weighted by Crippen LogP contribution is -2.32. The summed E-state index contributed by atoms with van der Waals surface area (Å²) in [6.07, 6.45) is 3.43. The van der Waals surface area contributed by atoms with Gasteiger partial charge < -0.3 is 14.5 Å². The quantitative estimate of drug-likeness (QED) is 0.786. The average molecular weight is 322 g/mol. The molecule has 4 rings (SSSR count). The lowest BCUT2D eigenvalue weighted by atomic mass is 10.2. The molecule has 0 radical (unpaired) electrons. The number of nitrogens with one attached hydrogen (secondary N) is 1. The molecule has 3 aromatic rings. The van der Waals surface area contributed by atoms with Crippen LogP contribution in [0, 0.1) is 0 Å². The number of aryl methyl sites for hydroxylation is 1. The topological polar surface area (TPSA) is 71.0 Å². The van der Waals surface area contributed by atoms with Gasteiger partial charge in [0, 0.05) is 31.4 Å². The molecule has 24 heavy (non-hydrogen) atoms. The highest BCUT2D eigenvalue weighted by Gasteiger charge is 2.32. The molecule has 0 aliphatic carbocycles. The Bertz CT molecular complexity index is 939. The summed E-state index contributed by atoms with van der Waals surface area (Å²) in [7, 11) is 1.67. The van der Waals surface area contributed by atoms with E-state index in [1.54, 1.807) is 19.3 Å². The zero-order chi connectivity index (χ0) is 16.7. The molecule has 0 saturated carbocycles. The van der Waals surface area contributed by atoms with Gasteiger partial charge in [0.2, 0.25) is 0 Å². The number of rotatable bonds is 2. The first-order valence-corrected chi connectivity index (χ1v) is 8.06. The second-order valence-corrected chi connectivity index (χ2v) is 6.16. The van der Waals surface area contributed by atoms with Gasteiger partial charge in [-0.3, -0.25) is 9.59 Å². The van der Waals surface area contributed by atoms with E-state index in [0.717, 1.165) is 29.7 Å². The second-order valence-electron chi connectivity index (χ2n) is 6.16. The Kier molecular flexibility index (Phi) is 3.45. The number of carbonyl (C=O) groups excluding carboxylic acids is 1. The summed E-state index contributed by atoms with van der Waals surface area (Å²) in [5, 5.41) is 0. The lowest BCUT2D eigenvalue weighted by Gasteiger charge is -2.23. The molecule has 1 aliphatic rings. The predicted octanol–water partition coefficient (Wildman–Crippen LogP) is 2.24. The summed E-state index contributed by atoms with van der Waals surface area (Å²) in [5.74, 6) is 0.696. The van der Waals surface area contributed by atoms with Crippen LogP contribution in [0.3, 0.4) is 0 Å². The van der Waals surface area contributed by atoms with Crippen molar-refractivity contribution in [2.45, 2.75) is 18.9 Å². The Labute approximate surface area is 138 Å². The third-order valence-corrected chi connectivity index (χ3v) is 4.59. The molecule has 2 aromatic heterocycles. The summed E-state index contributed by atoms with van der Waals surface area (Å²) in [6, 6.07) is 10.9. The number of hydrogen-bond acceptors (Lipinski definition) is 3. The Hall–Kier alpha value is -2.89. The van der Waals surface area contributed by atoms with Gasteiger partial charge in [0.15, 0.2) is 0 Å². The highest BCUT2D eigenvalue weighted by Crippen LogP contribution is 2.32. The number of pyridine rings is 1. The highest BCUT2D eigenvalue weighted by atomic mass is 16.2. The minimum atomic E-state index is -0.180. The van der Waals surface area contributed by atoms with Crippen LogP contribution in [-0.2, 0) is 7.05 Å². The van der Waals surface area contributed by atoms with Gasteiger partial charge in [0.05, 0.1) is 17.1 Å². The van der Waals surface area contributed by atoms with Gasteiger partial charge in [-0.05, 0) is 31.0 Å².